The molecule has 1 aliphatic heterocycles. The van der Waals surface area contributed by atoms with Crippen LogP contribution in [0.4, 0.5) is 17.1 Å². The lowest BCUT2D eigenvalue weighted by molar-refractivity contribution is -0.113. The molecule has 0 atom stereocenters. The molecule has 2 N–H and O–H groups in total. The fourth-order valence-electron chi connectivity index (χ4n) is 3.64. The number of hydrogen-bond donors (Lipinski definition) is 2. The number of nitrogens with one attached hydrogen (secondary N) is 2. The van der Waals surface area contributed by atoms with Crippen molar-refractivity contribution in [2.45, 2.75) is 29.3 Å². The van der Waals surface area contributed by atoms with Crippen LogP contribution in [0.5, 0.6) is 0 Å². The van der Waals surface area contributed by atoms with E-state index in [-0.39, 0.29) is 0 Å². The monoisotopic (exact) mass is 485 g/mol. The van der Waals surface area contributed by atoms with Crippen molar-refractivity contribution in [2.75, 3.05) is 33.8 Å². The van der Waals surface area contributed by atoms with Gasteiger partial charge in [0.1, 0.15) is 5.75 Å². The number of sulfonamides is 1. The van der Waals surface area contributed by atoms with Gasteiger partial charge >= 0.3 is 0 Å². The molecule has 0 spiro atoms. The smallest absolute Gasteiger partial charge is 0.241 e. The Morgan fingerprint density at radius 3 is 2.30 bits per heavy atom. The molecule has 1 saturated heterocycles. The van der Waals surface area contributed by atoms with Gasteiger partial charge in [-0.3, -0.25) is 9.52 Å². The first-order valence-corrected chi connectivity index (χ1v) is 13.3. The first kappa shape index (κ1) is 23.2. The highest BCUT2D eigenvalue weighted by molar-refractivity contribution is 7.99. The van der Waals surface area contributed by atoms with E-state index in [4.69, 9.17) is 0 Å². The first-order chi connectivity index (χ1) is 15.9. The highest BCUT2D eigenvalue weighted by Gasteiger charge is 2.17. The van der Waals surface area contributed by atoms with Gasteiger partial charge in [0.15, 0.2) is 5.16 Å². The molecule has 0 saturated carbocycles. The van der Waals surface area contributed by atoms with Gasteiger partial charge in [0.25, 0.3) is 0 Å². The van der Waals surface area contributed by atoms with Crippen LogP contribution in [0.3, 0.4) is 0 Å². The summed E-state index contributed by atoms with van der Waals surface area (Å²) in [6.45, 7) is 2.04. The van der Waals surface area contributed by atoms with E-state index >= 15 is 0 Å². The largest absolute Gasteiger partial charge is 0.372 e. The molecular formula is C23H27N5O3S2. The van der Waals surface area contributed by atoms with Crippen LogP contribution in [-0.2, 0) is 21.9 Å². The fourth-order valence-corrected chi connectivity index (χ4v) is 5.43. The second kappa shape index (κ2) is 10.3. The SMILES string of the molecule is Cn1ccnc1Sc1ccc(NC(=O)CS(=O)(=O)Nc2ccc(N3CCCCC3)cc2)cc1. The zero-order valence-electron chi connectivity index (χ0n) is 18.4. The van der Waals surface area contributed by atoms with Crippen LogP contribution in [0.15, 0.2) is 71.0 Å². The molecule has 2 aromatic carbocycles. The molecule has 174 valence electrons. The summed E-state index contributed by atoms with van der Waals surface area (Å²) in [5.74, 6) is -1.26. The average molecular weight is 486 g/mol. The Kier molecular flexibility index (Phi) is 7.24. The number of carbonyl (C=O) groups is 1. The molecule has 0 aliphatic carbocycles. The van der Waals surface area contributed by atoms with Gasteiger partial charge in [0.05, 0.1) is 0 Å². The Hall–Kier alpha value is -2.98. The van der Waals surface area contributed by atoms with Gasteiger partial charge in [0.2, 0.25) is 15.9 Å². The molecule has 1 amide bonds. The zero-order chi connectivity index (χ0) is 23.3. The number of piperidine rings is 1. The molecule has 1 fully saturated rings. The highest BCUT2D eigenvalue weighted by atomic mass is 32.2. The standard InChI is InChI=1S/C23H27N5O3S2/c1-27-16-13-24-23(27)32-21-11-7-18(8-12-21)25-22(29)17-33(30,31)26-19-5-9-20(10-6-19)28-14-3-2-4-15-28/h5-13,16,26H,2-4,14-15,17H2,1H3,(H,25,29). The summed E-state index contributed by atoms with van der Waals surface area (Å²) in [6, 6.07) is 14.5. The molecule has 0 radical (unpaired) electrons. The van der Waals surface area contributed by atoms with Crippen LogP contribution in [-0.4, -0.2) is 42.7 Å². The van der Waals surface area contributed by atoms with Crippen LogP contribution in [0.1, 0.15) is 19.3 Å². The molecule has 1 aliphatic rings. The van der Waals surface area contributed by atoms with Gasteiger partial charge < -0.3 is 14.8 Å². The number of aromatic nitrogens is 2. The maximum Gasteiger partial charge on any atom is 0.241 e. The topological polar surface area (TPSA) is 96.3 Å². The van der Waals surface area contributed by atoms with E-state index in [1.165, 1.54) is 31.0 Å². The number of benzene rings is 2. The number of anilines is 3. The van der Waals surface area contributed by atoms with E-state index in [9.17, 15) is 13.2 Å². The van der Waals surface area contributed by atoms with Gasteiger partial charge in [-0.2, -0.15) is 0 Å². The lowest BCUT2D eigenvalue weighted by Crippen LogP contribution is -2.29. The number of hydrogen-bond acceptors (Lipinski definition) is 6. The van der Waals surface area contributed by atoms with E-state index in [2.05, 4.69) is 19.9 Å². The Balaban J connectivity index is 1.29. The predicted molar refractivity (Wildman–Crippen MR) is 132 cm³/mol. The molecule has 2 heterocycles. The van der Waals surface area contributed by atoms with Gasteiger partial charge in [-0.15, -0.1) is 0 Å². The second-order valence-electron chi connectivity index (χ2n) is 7.95. The summed E-state index contributed by atoms with van der Waals surface area (Å²) in [5.41, 5.74) is 2.06. The van der Waals surface area contributed by atoms with Crippen molar-refractivity contribution in [3.05, 3.63) is 60.9 Å². The molecule has 3 aromatic rings. The third kappa shape index (κ3) is 6.52. The Labute approximate surface area is 198 Å². The molecule has 8 nitrogen and oxygen atoms in total. The number of nitrogens with zero attached hydrogens (tertiary/aromatic N) is 3. The molecule has 33 heavy (non-hydrogen) atoms. The van der Waals surface area contributed by atoms with E-state index < -0.39 is 21.7 Å². The Morgan fingerprint density at radius 2 is 1.67 bits per heavy atom. The summed E-state index contributed by atoms with van der Waals surface area (Å²) >= 11 is 1.50. The van der Waals surface area contributed by atoms with E-state index in [1.54, 1.807) is 30.5 Å². The number of aryl methyl sites for hydroxylation is 1. The highest BCUT2D eigenvalue weighted by Crippen LogP contribution is 2.27. The number of amides is 1. The minimum Gasteiger partial charge on any atom is -0.372 e. The van der Waals surface area contributed by atoms with Crippen LogP contribution >= 0.6 is 11.8 Å². The van der Waals surface area contributed by atoms with Crippen LogP contribution in [0.25, 0.3) is 0 Å². The van der Waals surface area contributed by atoms with Crippen LogP contribution in [0.2, 0.25) is 0 Å². The summed E-state index contributed by atoms with van der Waals surface area (Å²) in [6.07, 6.45) is 7.21. The van der Waals surface area contributed by atoms with E-state index in [0.29, 0.717) is 11.4 Å². The van der Waals surface area contributed by atoms with E-state index in [0.717, 1.165) is 28.8 Å². The number of imidazole rings is 1. The maximum absolute atomic E-state index is 12.5. The molecule has 1 aromatic heterocycles. The lowest BCUT2D eigenvalue weighted by atomic mass is 10.1. The Bertz CT molecular complexity index is 1190. The van der Waals surface area contributed by atoms with Crippen molar-refractivity contribution in [1.82, 2.24) is 9.55 Å². The van der Waals surface area contributed by atoms with Gasteiger partial charge in [-0.25, -0.2) is 13.4 Å². The normalized spacial score (nSPS) is 14.2. The van der Waals surface area contributed by atoms with Gasteiger partial charge in [-0.1, -0.05) is 11.8 Å². The molecule has 0 bridgehead atoms. The minimum atomic E-state index is -3.83. The average Bonchev–Trinajstić information content (AvgIpc) is 3.20. The summed E-state index contributed by atoms with van der Waals surface area (Å²) in [5, 5.41) is 3.49. The molecule has 0 unspecified atom stereocenters. The number of rotatable bonds is 8. The summed E-state index contributed by atoms with van der Waals surface area (Å²) in [7, 11) is -1.91. The second-order valence-corrected chi connectivity index (χ2v) is 10.7. The van der Waals surface area contributed by atoms with Crippen molar-refractivity contribution in [2.24, 2.45) is 7.05 Å². The maximum atomic E-state index is 12.5. The van der Waals surface area contributed by atoms with E-state index in [1.807, 2.05) is 42.1 Å². The first-order valence-electron chi connectivity index (χ1n) is 10.8. The minimum absolute atomic E-state index is 0.444. The van der Waals surface area contributed by atoms with Crippen LogP contribution < -0.4 is 14.9 Å². The molecule has 4 rings (SSSR count). The fraction of sp³-hybridized carbons (Fsp3) is 0.304. The Morgan fingerprint density at radius 1 is 1.00 bits per heavy atom. The van der Waals surface area contributed by atoms with Gasteiger partial charge in [-0.05, 0) is 67.8 Å². The van der Waals surface area contributed by atoms with Crippen molar-refractivity contribution >= 4 is 44.8 Å². The lowest BCUT2D eigenvalue weighted by Gasteiger charge is -2.28. The third-order valence-corrected chi connectivity index (χ3v) is 7.58. The van der Waals surface area contributed by atoms with Crippen molar-refractivity contribution in [3.8, 4) is 0 Å². The van der Waals surface area contributed by atoms with Crippen molar-refractivity contribution < 1.29 is 13.2 Å². The zero-order valence-corrected chi connectivity index (χ0v) is 20.0. The molecular weight excluding hydrogens is 458 g/mol. The van der Waals surface area contributed by atoms with Crippen molar-refractivity contribution in [3.63, 3.8) is 0 Å². The molecule has 10 heteroatoms. The predicted octanol–water partition coefficient (Wildman–Crippen LogP) is 3.94. The van der Waals surface area contributed by atoms with Crippen molar-refractivity contribution in [1.29, 1.82) is 0 Å². The van der Waals surface area contributed by atoms with Gasteiger partial charge in [0, 0.05) is 54.5 Å². The van der Waals surface area contributed by atoms with Crippen LogP contribution in [0, 0.1) is 0 Å². The third-order valence-electron chi connectivity index (χ3n) is 5.31. The summed E-state index contributed by atoms with van der Waals surface area (Å²) in [4.78, 5) is 19.8. The quantitative estimate of drug-likeness (QED) is 0.502. The summed E-state index contributed by atoms with van der Waals surface area (Å²) < 4.78 is 29.3. The number of carbonyl (C=O) groups excluding carboxylic acids is 1.